The normalized spacial score (nSPS) is 18.0. The molecule has 2 aromatic rings. The fourth-order valence-electron chi connectivity index (χ4n) is 3.89. The molecule has 1 saturated heterocycles. The van der Waals surface area contributed by atoms with E-state index in [1.54, 1.807) is 18.3 Å². The second kappa shape index (κ2) is 9.45. The number of nitrogens with zero attached hydrogens (tertiary/aromatic N) is 2. The predicted molar refractivity (Wildman–Crippen MR) is 115 cm³/mol. The Morgan fingerprint density at radius 1 is 1.17 bits per heavy atom. The van der Waals surface area contributed by atoms with Crippen LogP contribution in [0.25, 0.3) is 0 Å². The molecular formula is C21H27N3O4S2. The summed E-state index contributed by atoms with van der Waals surface area (Å²) >= 11 is 1.17. The predicted octanol–water partition coefficient (Wildman–Crippen LogP) is 3.11. The van der Waals surface area contributed by atoms with Crippen LogP contribution in [0.1, 0.15) is 49.0 Å². The Morgan fingerprint density at radius 3 is 2.70 bits per heavy atom. The number of aromatic nitrogens is 1. The monoisotopic (exact) mass is 449 g/mol. The molecule has 0 atom stereocenters. The summed E-state index contributed by atoms with van der Waals surface area (Å²) in [4.78, 5) is 17.5. The first-order valence-electron chi connectivity index (χ1n) is 10.5. The molecule has 2 fully saturated rings. The lowest BCUT2D eigenvalue weighted by Gasteiger charge is -2.15. The molecule has 2 aliphatic rings. The van der Waals surface area contributed by atoms with Crippen molar-refractivity contribution in [1.82, 2.24) is 14.6 Å². The summed E-state index contributed by atoms with van der Waals surface area (Å²) in [5, 5.41) is 2.90. The molecule has 1 aliphatic heterocycles. The van der Waals surface area contributed by atoms with E-state index < -0.39 is 10.0 Å². The number of amides is 1. The maximum Gasteiger partial charge on any atom is 0.252 e. The number of hydrogen-bond acceptors (Lipinski definition) is 6. The molecule has 1 N–H and O–H groups in total. The molecular weight excluding hydrogens is 422 g/mol. The SMILES string of the molecule is O=C(Cc1ccc(S(=O)(=O)N2CCCC2)s1)NCc1cccnc1OC1CCCC1. The van der Waals surface area contributed by atoms with Crippen LogP contribution < -0.4 is 10.1 Å². The number of sulfonamides is 1. The van der Waals surface area contributed by atoms with Gasteiger partial charge in [-0.25, -0.2) is 13.4 Å². The fourth-order valence-corrected chi connectivity index (χ4v) is 6.92. The maximum atomic E-state index is 12.6. The van der Waals surface area contributed by atoms with Crippen LogP contribution in [0.5, 0.6) is 5.88 Å². The van der Waals surface area contributed by atoms with Crippen molar-refractivity contribution in [2.24, 2.45) is 0 Å². The zero-order valence-corrected chi connectivity index (χ0v) is 18.5. The molecule has 9 heteroatoms. The van der Waals surface area contributed by atoms with Gasteiger partial charge >= 0.3 is 0 Å². The minimum atomic E-state index is -3.43. The van der Waals surface area contributed by atoms with Gasteiger partial charge in [-0.15, -0.1) is 11.3 Å². The highest BCUT2D eigenvalue weighted by Gasteiger charge is 2.28. The van der Waals surface area contributed by atoms with E-state index >= 15 is 0 Å². The molecule has 2 aromatic heterocycles. The third kappa shape index (κ3) is 5.01. The van der Waals surface area contributed by atoms with Gasteiger partial charge in [0.15, 0.2) is 0 Å². The van der Waals surface area contributed by atoms with Gasteiger partial charge in [-0.05, 0) is 56.7 Å². The molecule has 30 heavy (non-hydrogen) atoms. The number of hydrogen-bond donors (Lipinski definition) is 1. The summed E-state index contributed by atoms with van der Waals surface area (Å²) in [7, 11) is -3.43. The molecule has 0 aromatic carbocycles. The van der Waals surface area contributed by atoms with Crippen LogP contribution >= 0.6 is 11.3 Å². The average Bonchev–Trinajstić information content (AvgIpc) is 3.50. The number of nitrogens with one attached hydrogen (secondary N) is 1. The topological polar surface area (TPSA) is 88.6 Å². The zero-order valence-electron chi connectivity index (χ0n) is 16.9. The third-order valence-corrected chi connectivity index (χ3v) is 8.99. The van der Waals surface area contributed by atoms with Gasteiger partial charge in [0.05, 0.1) is 6.42 Å². The molecule has 3 heterocycles. The average molecular weight is 450 g/mol. The van der Waals surface area contributed by atoms with Gasteiger partial charge < -0.3 is 10.1 Å². The van der Waals surface area contributed by atoms with Gasteiger partial charge in [0, 0.05) is 36.3 Å². The number of ether oxygens (including phenoxy) is 1. The van der Waals surface area contributed by atoms with Crippen molar-refractivity contribution in [2.75, 3.05) is 13.1 Å². The van der Waals surface area contributed by atoms with Gasteiger partial charge in [0.1, 0.15) is 10.3 Å². The van der Waals surface area contributed by atoms with E-state index in [0.29, 0.717) is 29.7 Å². The smallest absolute Gasteiger partial charge is 0.252 e. The first kappa shape index (κ1) is 21.3. The van der Waals surface area contributed by atoms with Crippen molar-refractivity contribution < 1.29 is 17.9 Å². The summed E-state index contributed by atoms with van der Waals surface area (Å²) in [6, 6.07) is 7.07. The summed E-state index contributed by atoms with van der Waals surface area (Å²) in [5.74, 6) is 0.428. The highest BCUT2D eigenvalue weighted by Crippen LogP contribution is 2.28. The second-order valence-electron chi connectivity index (χ2n) is 7.78. The standard InChI is InChI=1S/C21H27N3O4S2/c25-19(14-18-9-10-20(29-18)30(26,27)24-12-3-4-13-24)23-15-16-6-5-11-22-21(16)28-17-7-1-2-8-17/h5-6,9-11,17H,1-4,7-8,12-15H2,(H,23,25). The van der Waals surface area contributed by atoms with Crippen LogP contribution in [0, 0.1) is 0 Å². The Bertz CT molecular complexity index is 978. The van der Waals surface area contributed by atoms with Crippen LogP contribution in [-0.2, 0) is 27.8 Å². The van der Waals surface area contributed by atoms with Crippen LogP contribution in [0.4, 0.5) is 0 Å². The van der Waals surface area contributed by atoms with E-state index in [0.717, 1.165) is 36.1 Å². The molecule has 1 aliphatic carbocycles. The Balaban J connectivity index is 1.33. The molecule has 0 bridgehead atoms. The van der Waals surface area contributed by atoms with Crippen molar-refractivity contribution in [3.05, 3.63) is 40.9 Å². The first-order valence-corrected chi connectivity index (χ1v) is 12.7. The number of carbonyl (C=O) groups excluding carboxylic acids is 1. The van der Waals surface area contributed by atoms with E-state index in [9.17, 15) is 13.2 Å². The van der Waals surface area contributed by atoms with Crippen molar-refractivity contribution in [2.45, 2.75) is 61.8 Å². The number of rotatable bonds is 8. The number of pyridine rings is 1. The van der Waals surface area contributed by atoms with Crippen molar-refractivity contribution >= 4 is 27.3 Å². The Morgan fingerprint density at radius 2 is 1.93 bits per heavy atom. The van der Waals surface area contributed by atoms with E-state index in [-0.39, 0.29) is 18.4 Å². The van der Waals surface area contributed by atoms with Crippen LogP contribution in [0.2, 0.25) is 0 Å². The summed E-state index contributed by atoms with van der Waals surface area (Å²) in [5.41, 5.74) is 0.848. The molecule has 162 valence electrons. The second-order valence-corrected chi connectivity index (χ2v) is 11.1. The van der Waals surface area contributed by atoms with E-state index in [2.05, 4.69) is 10.3 Å². The third-order valence-electron chi connectivity index (χ3n) is 5.54. The van der Waals surface area contributed by atoms with E-state index in [4.69, 9.17) is 4.74 Å². The fraction of sp³-hybridized carbons (Fsp3) is 0.524. The summed E-state index contributed by atoms with van der Waals surface area (Å²) in [6.45, 7) is 1.48. The largest absolute Gasteiger partial charge is 0.474 e. The quantitative estimate of drug-likeness (QED) is 0.669. The minimum Gasteiger partial charge on any atom is -0.474 e. The number of thiophene rings is 1. The Labute approximate surface area is 181 Å². The van der Waals surface area contributed by atoms with Gasteiger partial charge in [-0.3, -0.25) is 4.79 Å². The Hall–Kier alpha value is -1.97. The Kier molecular flexibility index (Phi) is 6.70. The van der Waals surface area contributed by atoms with Crippen molar-refractivity contribution in [3.63, 3.8) is 0 Å². The summed E-state index contributed by atoms with van der Waals surface area (Å²) in [6.07, 6.45) is 8.31. The molecule has 0 spiro atoms. The van der Waals surface area contributed by atoms with Crippen molar-refractivity contribution in [3.8, 4) is 5.88 Å². The minimum absolute atomic E-state index is 0.152. The van der Waals surface area contributed by atoms with Gasteiger partial charge in [0.25, 0.3) is 10.0 Å². The lowest BCUT2D eigenvalue weighted by Crippen LogP contribution is -2.27. The lowest BCUT2D eigenvalue weighted by molar-refractivity contribution is -0.120. The molecule has 4 rings (SSSR count). The lowest BCUT2D eigenvalue weighted by atomic mass is 10.2. The maximum absolute atomic E-state index is 12.6. The zero-order chi connectivity index (χ0) is 21.0. The van der Waals surface area contributed by atoms with Gasteiger partial charge in [-0.2, -0.15) is 4.31 Å². The molecule has 1 saturated carbocycles. The molecule has 0 radical (unpaired) electrons. The van der Waals surface area contributed by atoms with Crippen LogP contribution in [-0.4, -0.2) is 42.8 Å². The first-order chi connectivity index (χ1) is 14.5. The van der Waals surface area contributed by atoms with Crippen LogP contribution in [0.15, 0.2) is 34.7 Å². The van der Waals surface area contributed by atoms with E-state index in [1.807, 2.05) is 12.1 Å². The van der Waals surface area contributed by atoms with Crippen LogP contribution in [0.3, 0.4) is 0 Å². The van der Waals surface area contributed by atoms with Crippen molar-refractivity contribution in [1.29, 1.82) is 0 Å². The number of carbonyl (C=O) groups is 1. The highest BCUT2D eigenvalue weighted by atomic mass is 32.2. The highest BCUT2D eigenvalue weighted by molar-refractivity contribution is 7.91. The van der Waals surface area contributed by atoms with E-state index in [1.165, 1.54) is 28.5 Å². The van der Waals surface area contributed by atoms with Gasteiger partial charge in [0.2, 0.25) is 11.8 Å². The summed E-state index contributed by atoms with van der Waals surface area (Å²) < 4.78 is 33.1. The molecule has 7 nitrogen and oxygen atoms in total. The molecule has 0 unspecified atom stereocenters. The molecule has 1 amide bonds. The van der Waals surface area contributed by atoms with Gasteiger partial charge in [-0.1, -0.05) is 6.07 Å².